The van der Waals surface area contributed by atoms with Crippen molar-refractivity contribution >= 4 is 0 Å². The van der Waals surface area contributed by atoms with Gasteiger partial charge in [-0.05, 0) is 13.8 Å². The van der Waals surface area contributed by atoms with Crippen LogP contribution in [0.2, 0.25) is 0 Å². The van der Waals surface area contributed by atoms with Gasteiger partial charge in [-0.3, -0.25) is 4.90 Å². The maximum atomic E-state index is 5.65. The highest BCUT2D eigenvalue weighted by Gasteiger charge is 2.23. The third kappa shape index (κ3) is 3.53. The fourth-order valence-corrected chi connectivity index (χ4v) is 1.97. The number of methoxy groups -OCH3 is 1. The van der Waals surface area contributed by atoms with Crippen LogP contribution in [0.4, 0.5) is 0 Å². The highest BCUT2D eigenvalue weighted by atomic mass is 16.5. The Balaban J connectivity index is 2.35. The molecule has 0 radical (unpaired) electrons. The van der Waals surface area contributed by atoms with Crippen LogP contribution in [0.25, 0.3) is 0 Å². The molecule has 14 heavy (non-hydrogen) atoms. The first-order valence-corrected chi connectivity index (χ1v) is 5.26. The first-order chi connectivity index (χ1) is 6.65. The van der Waals surface area contributed by atoms with E-state index in [-0.39, 0.29) is 6.10 Å². The summed E-state index contributed by atoms with van der Waals surface area (Å²) < 4.78 is 10.9. The van der Waals surface area contributed by atoms with Crippen molar-refractivity contribution < 1.29 is 9.47 Å². The molecule has 0 saturated carbocycles. The second-order valence-corrected chi connectivity index (χ2v) is 4.07. The third-order valence-corrected chi connectivity index (χ3v) is 2.55. The quantitative estimate of drug-likeness (QED) is 0.701. The first kappa shape index (κ1) is 11.9. The second kappa shape index (κ2) is 5.66. The minimum absolute atomic E-state index is 0.146. The summed E-state index contributed by atoms with van der Waals surface area (Å²) in [6.45, 7) is 7.65. The molecule has 0 aliphatic carbocycles. The molecule has 1 heterocycles. The van der Waals surface area contributed by atoms with Gasteiger partial charge in [-0.15, -0.1) is 0 Å². The van der Waals surface area contributed by atoms with E-state index in [1.54, 1.807) is 7.11 Å². The summed E-state index contributed by atoms with van der Waals surface area (Å²) in [4.78, 5) is 2.36. The zero-order valence-corrected chi connectivity index (χ0v) is 9.40. The van der Waals surface area contributed by atoms with Crippen LogP contribution in [0.3, 0.4) is 0 Å². The predicted molar refractivity (Wildman–Crippen MR) is 56.3 cm³/mol. The van der Waals surface area contributed by atoms with Gasteiger partial charge in [0.2, 0.25) is 0 Å². The second-order valence-electron chi connectivity index (χ2n) is 4.07. The normalized spacial score (nSPS) is 31.7. The Morgan fingerprint density at radius 2 is 2.00 bits per heavy atom. The van der Waals surface area contributed by atoms with Gasteiger partial charge in [-0.25, -0.2) is 0 Å². The highest BCUT2D eigenvalue weighted by Crippen LogP contribution is 2.11. The van der Waals surface area contributed by atoms with Crippen LogP contribution in [0, 0.1) is 0 Å². The minimum Gasteiger partial charge on any atom is -0.379 e. The lowest BCUT2D eigenvalue weighted by atomic mass is 10.2. The largest absolute Gasteiger partial charge is 0.379 e. The number of nitrogens with zero attached hydrogens (tertiary/aromatic N) is 1. The average molecular weight is 202 g/mol. The summed E-state index contributed by atoms with van der Waals surface area (Å²) in [6, 6.07) is 0. The molecule has 0 amide bonds. The van der Waals surface area contributed by atoms with E-state index in [0.717, 1.165) is 19.6 Å². The Morgan fingerprint density at radius 3 is 2.43 bits per heavy atom. The third-order valence-electron chi connectivity index (χ3n) is 2.55. The summed E-state index contributed by atoms with van der Waals surface area (Å²) in [5, 5.41) is 0. The average Bonchev–Trinajstić information content (AvgIpc) is 2.12. The molecular formula is C10H22N2O2. The number of hydrogen-bond donors (Lipinski definition) is 1. The lowest BCUT2D eigenvalue weighted by Crippen LogP contribution is -2.49. The van der Waals surface area contributed by atoms with Crippen molar-refractivity contribution in [2.45, 2.75) is 32.2 Å². The van der Waals surface area contributed by atoms with Gasteiger partial charge >= 0.3 is 0 Å². The highest BCUT2D eigenvalue weighted by molar-refractivity contribution is 4.76. The molecule has 0 spiro atoms. The SMILES string of the molecule is COC(CN)CN1C[C@@H](C)O[C@@H](C)C1. The molecule has 0 aromatic heterocycles. The Hall–Kier alpha value is -0.160. The molecule has 3 atom stereocenters. The zero-order chi connectivity index (χ0) is 10.6. The van der Waals surface area contributed by atoms with Crippen molar-refractivity contribution in [3.05, 3.63) is 0 Å². The summed E-state index contributed by atoms with van der Waals surface area (Å²) in [7, 11) is 1.71. The van der Waals surface area contributed by atoms with Gasteiger partial charge in [0.1, 0.15) is 0 Å². The zero-order valence-electron chi connectivity index (χ0n) is 9.40. The molecule has 0 bridgehead atoms. The molecule has 0 aromatic rings. The van der Waals surface area contributed by atoms with Crippen LogP contribution in [0.5, 0.6) is 0 Å². The molecule has 2 N–H and O–H groups in total. The summed E-state index contributed by atoms with van der Waals surface area (Å²) >= 11 is 0. The van der Waals surface area contributed by atoms with Crippen molar-refractivity contribution in [3.63, 3.8) is 0 Å². The Bertz CT molecular complexity index is 152. The van der Waals surface area contributed by atoms with Crippen molar-refractivity contribution in [2.75, 3.05) is 33.3 Å². The Morgan fingerprint density at radius 1 is 1.43 bits per heavy atom. The lowest BCUT2D eigenvalue weighted by Gasteiger charge is -2.36. The molecule has 4 heteroatoms. The smallest absolute Gasteiger partial charge is 0.0820 e. The summed E-state index contributed by atoms with van der Waals surface area (Å²) in [5.41, 5.74) is 5.59. The van der Waals surface area contributed by atoms with E-state index in [4.69, 9.17) is 15.2 Å². The van der Waals surface area contributed by atoms with Crippen molar-refractivity contribution in [3.8, 4) is 0 Å². The number of rotatable bonds is 4. The van der Waals surface area contributed by atoms with Crippen LogP contribution in [-0.4, -0.2) is 56.5 Å². The van der Waals surface area contributed by atoms with Gasteiger partial charge in [-0.1, -0.05) is 0 Å². The van der Waals surface area contributed by atoms with Gasteiger partial charge in [0.15, 0.2) is 0 Å². The van der Waals surface area contributed by atoms with Gasteiger partial charge < -0.3 is 15.2 Å². The monoisotopic (exact) mass is 202 g/mol. The van der Waals surface area contributed by atoms with Crippen LogP contribution < -0.4 is 5.73 Å². The molecule has 1 rings (SSSR count). The molecule has 0 aromatic carbocycles. The lowest BCUT2D eigenvalue weighted by molar-refractivity contribution is -0.0784. The molecule has 1 aliphatic heterocycles. The van der Waals surface area contributed by atoms with E-state index in [1.807, 2.05) is 0 Å². The van der Waals surface area contributed by atoms with E-state index < -0.39 is 0 Å². The van der Waals surface area contributed by atoms with E-state index in [1.165, 1.54) is 0 Å². The van der Waals surface area contributed by atoms with Crippen LogP contribution in [-0.2, 0) is 9.47 Å². The first-order valence-electron chi connectivity index (χ1n) is 5.26. The summed E-state index contributed by atoms with van der Waals surface area (Å²) in [5.74, 6) is 0. The molecule has 1 aliphatic rings. The van der Waals surface area contributed by atoms with Crippen LogP contribution >= 0.6 is 0 Å². The van der Waals surface area contributed by atoms with Gasteiger partial charge in [0.25, 0.3) is 0 Å². The fraction of sp³-hybridized carbons (Fsp3) is 1.00. The van der Waals surface area contributed by atoms with Crippen molar-refractivity contribution in [1.82, 2.24) is 4.90 Å². The number of ether oxygens (including phenoxy) is 2. The minimum atomic E-state index is 0.146. The number of hydrogen-bond acceptors (Lipinski definition) is 4. The van der Waals surface area contributed by atoms with Crippen molar-refractivity contribution in [1.29, 1.82) is 0 Å². The standard InChI is InChI=1S/C10H22N2O2/c1-8-5-12(6-9(2)14-8)7-10(4-11)13-3/h8-10H,4-7,11H2,1-3H3/t8-,9+,10?. The van der Waals surface area contributed by atoms with E-state index in [0.29, 0.717) is 18.8 Å². The molecular weight excluding hydrogens is 180 g/mol. The van der Waals surface area contributed by atoms with E-state index in [2.05, 4.69) is 18.7 Å². The van der Waals surface area contributed by atoms with Gasteiger partial charge in [0, 0.05) is 33.3 Å². The Labute approximate surface area is 86.3 Å². The molecule has 1 unspecified atom stereocenters. The maximum Gasteiger partial charge on any atom is 0.0820 e. The maximum absolute atomic E-state index is 5.65. The summed E-state index contributed by atoms with van der Waals surface area (Å²) in [6.07, 6.45) is 0.774. The molecule has 4 nitrogen and oxygen atoms in total. The van der Waals surface area contributed by atoms with Crippen molar-refractivity contribution in [2.24, 2.45) is 5.73 Å². The van der Waals surface area contributed by atoms with Gasteiger partial charge in [0.05, 0.1) is 18.3 Å². The topological polar surface area (TPSA) is 47.7 Å². The van der Waals surface area contributed by atoms with Crippen LogP contribution in [0.1, 0.15) is 13.8 Å². The predicted octanol–water partition coefficient (Wildman–Crippen LogP) is 0.0693. The van der Waals surface area contributed by atoms with E-state index >= 15 is 0 Å². The fourth-order valence-electron chi connectivity index (χ4n) is 1.97. The molecule has 1 saturated heterocycles. The molecule has 1 fully saturated rings. The van der Waals surface area contributed by atoms with Crippen LogP contribution in [0.15, 0.2) is 0 Å². The number of morpholine rings is 1. The molecule has 84 valence electrons. The van der Waals surface area contributed by atoms with E-state index in [9.17, 15) is 0 Å². The number of nitrogens with two attached hydrogens (primary N) is 1. The Kier molecular flexibility index (Phi) is 4.81. The van der Waals surface area contributed by atoms with Gasteiger partial charge in [-0.2, -0.15) is 0 Å².